The van der Waals surface area contributed by atoms with E-state index in [0.717, 1.165) is 12.8 Å². The largest absolute Gasteiger partial charge is 0.366 e. The fourth-order valence-corrected chi connectivity index (χ4v) is 5.71. The van der Waals surface area contributed by atoms with E-state index >= 15 is 0 Å². The molecule has 0 bridgehead atoms. The third-order valence-corrected chi connectivity index (χ3v) is 8.25. The van der Waals surface area contributed by atoms with Crippen molar-refractivity contribution in [2.24, 2.45) is 17.4 Å². The van der Waals surface area contributed by atoms with E-state index in [2.05, 4.69) is 10.1 Å². The molecule has 10 nitrogen and oxygen atoms in total. The van der Waals surface area contributed by atoms with Gasteiger partial charge in [-0.15, -0.1) is 0 Å². The van der Waals surface area contributed by atoms with E-state index in [0.29, 0.717) is 41.8 Å². The number of rotatable bonds is 7. The number of para-hydroxylation sites is 1. The van der Waals surface area contributed by atoms with Gasteiger partial charge in [-0.25, -0.2) is 17.7 Å². The van der Waals surface area contributed by atoms with Crippen molar-refractivity contribution < 1.29 is 18.0 Å². The molecule has 0 spiro atoms. The number of carbonyl (C=O) groups excluding carboxylic acids is 2. The number of pyridine rings is 1. The lowest BCUT2D eigenvalue weighted by Crippen LogP contribution is -2.40. The zero-order chi connectivity index (χ0) is 24.6. The molecule has 2 aromatic heterocycles. The lowest BCUT2D eigenvalue weighted by atomic mass is 9.94. The molecule has 0 aliphatic carbocycles. The molecular formula is C23H28N6O4S. The maximum absolute atomic E-state index is 12.5. The molecule has 11 heteroatoms. The summed E-state index contributed by atoms with van der Waals surface area (Å²) in [7, 11) is -3.18. The minimum Gasteiger partial charge on any atom is -0.366 e. The van der Waals surface area contributed by atoms with Crippen LogP contribution in [-0.2, 0) is 16.6 Å². The monoisotopic (exact) mass is 484 g/mol. The van der Waals surface area contributed by atoms with Crippen LogP contribution in [0.25, 0.3) is 22.0 Å². The van der Waals surface area contributed by atoms with Gasteiger partial charge in [0.1, 0.15) is 5.69 Å². The number of piperidine rings is 1. The Balaban J connectivity index is 1.70. The maximum Gasteiger partial charge on any atom is 0.267 e. The summed E-state index contributed by atoms with van der Waals surface area (Å²) in [5.41, 5.74) is 13.4. The van der Waals surface area contributed by atoms with Crippen LogP contribution < -0.4 is 11.5 Å². The van der Waals surface area contributed by atoms with Crippen LogP contribution in [-0.4, -0.2) is 58.1 Å². The normalized spacial score (nSPS) is 15.6. The predicted octanol–water partition coefficient (Wildman–Crippen LogP) is 1.67. The van der Waals surface area contributed by atoms with Crippen LogP contribution in [0.5, 0.6) is 0 Å². The fourth-order valence-electron chi connectivity index (χ4n) is 4.58. The van der Waals surface area contributed by atoms with Crippen molar-refractivity contribution in [3.8, 4) is 11.1 Å². The molecule has 4 N–H and O–H groups in total. The van der Waals surface area contributed by atoms with Crippen LogP contribution in [0, 0.1) is 12.8 Å². The van der Waals surface area contributed by atoms with Crippen molar-refractivity contribution in [3.05, 3.63) is 47.4 Å². The number of fused-ring (bicyclic) bond motifs is 1. The van der Waals surface area contributed by atoms with Crippen LogP contribution in [0.1, 0.15) is 46.3 Å². The van der Waals surface area contributed by atoms with Gasteiger partial charge in [-0.2, -0.15) is 5.10 Å². The van der Waals surface area contributed by atoms with Gasteiger partial charge in [0.2, 0.25) is 15.9 Å². The summed E-state index contributed by atoms with van der Waals surface area (Å²) in [6.07, 6.45) is 3.23. The van der Waals surface area contributed by atoms with E-state index in [1.807, 2.05) is 0 Å². The summed E-state index contributed by atoms with van der Waals surface area (Å²) in [5.74, 6) is -1.10. The van der Waals surface area contributed by atoms with Crippen molar-refractivity contribution in [2.45, 2.75) is 33.2 Å². The summed E-state index contributed by atoms with van der Waals surface area (Å²) in [5, 5.41) is 5.13. The van der Waals surface area contributed by atoms with Gasteiger partial charge < -0.3 is 11.5 Å². The number of sulfonamides is 1. The average Bonchev–Trinajstić information content (AvgIpc) is 3.17. The number of carbonyl (C=O) groups is 2. The molecule has 1 aliphatic heterocycles. The molecule has 1 aliphatic rings. The van der Waals surface area contributed by atoms with Gasteiger partial charge in [0.15, 0.2) is 0 Å². The second-order valence-corrected chi connectivity index (χ2v) is 10.8. The Morgan fingerprint density at radius 3 is 2.41 bits per heavy atom. The Labute approximate surface area is 198 Å². The zero-order valence-corrected chi connectivity index (χ0v) is 20.0. The molecule has 180 valence electrons. The quantitative estimate of drug-likeness (QED) is 0.520. The Morgan fingerprint density at radius 1 is 1.12 bits per heavy atom. The number of aromatic nitrogens is 3. The van der Waals surface area contributed by atoms with Crippen LogP contribution in [0.2, 0.25) is 0 Å². The Hall–Kier alpha value is -3.31. The van der Waals surface area contributed by atoms with E-state index in [4.69, 9.17) is 11.5 Å². The third-order valence-electron chi connectivity index (χ3n) is 6.36. The van der Waals surface area contributed by atoms with E-state index < -0.39 is 21.8 Å². The number of amides is 2. The lowest BCUT2D eigenvalue weighted by molar-refractivity contribution is 0.0996. The van der Waals surface area contributed by atoms with Gasteiger partial charge in [-0.1, -0.05) is 18.2 Å². The molecule has 4 rings (SSSR count). The van der Waals surface area contributed by atoms with Gasteiger partial charge in [-0.3, -0.25) is 14.3 Å². The number of hydrogen-bond acceptors (Lipinski definition) is 6. The molecule has 0 radical (unpaired) electrons. The number of hydrogen-bond donors (Lipinski definition) is 2. The lowest BCUT2D eigenvalue weighted by Gasteiger charge is -2.30. The first kappa shape index (κ1) is 23.8. The molecule has 0 unspecified atom stereocenters. The Kier molecular flexibility index (Phi) is 6.41. The van der Waals surface area contributed by atoms with Gasteiger partial charge in [0.05, 0.1) is 22.5 Å². The summed E-state index contributed by atoms with van der Waals surface area (Å²) in [6.45, 7) is 4.99. The summed E-state index contributed by atoms with van der Waals surface area (Å²) >= 11 is 0. The number of benzene rings is 1. The minimum atomic E-state index is -3.18. The number of aryl methyl sites for hydroxylation is 1. The van der Waals surface area contributed by atoms with Crippen LogP contribution in [0.3, 0.4) is 0 Å². The summed E-state index contributed by atoms with van der Waals surface area (Å²) < 4.78 is 27.5. The highest BCUT2D eigenvalue weighted by atomic mass is 32.2. The first-order chi connectivity index (χ1) is 16.1. The molecule has 1 aromatic carbocycles. The van der Waals surface area contributed by atoms with E-state index in [1.54, 1.807) is 53.3 Å². The number of nitrogens with two attached hydrogens (primary N) is 2. The van der Waals surface area contributed by atoms with Crippen molar-refractivity contribution in [2.75, 3.05) is 18.8 Å². The Bertz CT molecular complexity index is 1370. The molecular weight excluding hydrogens is 456 g/mol. The number of primary amides is 2. The minimum absolute atomic E-state index is 0.0340. The van der Waals surface area contributed by atoms with Gasteiger partial charge in [0.25, 0.3) is 5.91 Å². The van der Waals surface area contributed by atoms with Crippen molar-refractivity contribution >= 4 is 32.7 Å². The number of nitrogens with zero attached hydrogens (tertiary/aromatic N) is 4. The summed E-state index contributed by atoms with van der Waals surface area (Å²) in [6, 6.07) is 6.95. The second kappa shape index (κ2) is 9.15. The average molecular weight is 485 g/mol. The highest BCUT2D eigenvalue weighted by Gasteiger charge is 2.28. The third kappa shape index (κ3) is 4.40. The van der Waals surface area contributed by atoms with E-state index in [-0.39, 0.29) is 28.5 Å². The second-order valence-electron chi connectivity index (χ2n) is 8.55. The van der Waals surface area contributed by atoms with Gasteiger partial charge in [-0.05, 0) is 38.7 Å². The molecule has 1 saturated heterocycles. The molecule has 0 atom stereocenters. The van der Waals surface area contributed by atoms with E-state index in [1.165, 1.54) is 0 Å². The highest BCUT2D eigenvalue weighted by molar-refractivity contribution is 7.89. The van der Waals surface area contributed by atoms with Crippen LogP contribution >= 0.6 is 0 Å². The van der Waals surface area contributed by atoms with Crippen LogP contribution in [0.4, 0.5) is 0 Å². The van der Waals surface area contributed by atoms with E-state index in [9.17, 15) is 18.0 Å². The molecule has 34 heavy (non-hydrogen) atoms. The van der Waals surface area contributed by atoms with Crippen LogP contribution in [0.15, 0.2) is 30.5 Å². The zero-order valence-electron chi connectivity index (χ0n) is 19.2. The molecule has 1 fully saturated rings. The summed E-state index contributed by atoms with van der Waals surface area (Å²) in [4.78, 5) is 29.2. The first-order valence-electron chi connectivity index (χ1n) is 11.2. The van der Waals surface area contributed by atoms with Gasteiger partial charge >= 0.3 is 0 Å². The topological polar surface area (TPSA) is 154 Å². The Morgan fingerprint density at radius 2 is 1.79 bits per heavy atom. The maximum atomic E-state index is 12.5. The fraction of sp³-hybridized carbons (Fsp3) is 0.391. The molecule has 2 amide bonds. The smallest absolute Gasteiger partial charge is 0.267 e. The standard InChI is InChI=1S/C23H28N6O4S/c1-3-34(32,33)29-10-8-15(9-11-29)12-28-13-17(14(2)27-28)19-20(22(24)30)16-6-4-5-7-18(16)26-21(19)23(25)31/h4-7,13,15H,3,8-12H2,1-2H3,(H2,24,30)(H2,25,31). The molecule has 3 aromatic rings. The highest BCUT2D eigenvalue weighted by Crippen LogP contribution is 2.34. The van der Waals surface area contributed by atoms with Crippen molar-refractivity contribution in [1.29, 1.82) is 0 Å². The van der Waals surface area contributed by atoms with Crippen molar-refractivity contribution in [1.82, 2.24) is 19.1 Å². The van der Waals surface area contributed by atoms with Gasteiger partial charge in [0, 0.05) is 42.3 Å². The molecule has 3 heterocycles. The van der Waals surface area contributed by atoms with Crippen molar-refractivity contribution in [3.63, 3.8) is 0 Å². The first-order valence-corrected chi connectivity index (χ1v) is 12.8. The molecule has 0 saturated carbocycles. The SMILES string of the molecule is CCS(=O)(=O)N1CCC(Cn2cc(-c3c(C(N)=O)nc4ccccc4c3C(N)=O)c(C)n2)CC1. The predicted molar refractivity (Wildman–Crippen MR) is 128 cm³/mol.